The molecule has 21 heavy (non-hydrogen) atoms. The predicted octanol–water partition coefficient (Wildman–Crippen LogP) is 2.88. The van der Waals surface area contributed by atoms with Crippen molar-refractivity contribution in [1.29, 1.82) is 0 Å². The molecule has 2 unspecified atom stereocenters. The molecule has 3 heteroatoms. The molecule has 2 bridgehead atoms. The number of aliphatic carboxylic acids is 1. The predicted molar refractivity (Wildman–Crippen MR) is 83.3 cm³/mol. The number of nitrogens with one attached hydrogen (secondary N) is 1. The zero-order chi connectivity index (χ0) is 15.0. The molecule has 0 aromatic heterocycles. The van der Waals surface area contributed by atoms with Crippen LogP contribution < -0.4 is 5.32 Å². The second kappa shape index (κ2) is 5.45. The number of carboxylic acids is 1. The maximum absolute atomic E-state index is 12.2. The number of hydrogen-bond acceptors (Lipinski definition) is 2. The van der Waals surface area contributed by atoms with Crippen molar-refractivity contribution in [3.05, 3.63) is 35.4 Å². The van der Waals surface area contributed by atoms with Gasteiger partial charge in [-0.1, -0.05) is 38.1 Å². The van der Waals surface area contributed by atoms with Gasteiger partial charge in [0.25, 0.3) is 0 Å². The van der Waals surface area contributed by atoms with Gasteiger partial charge in [0, 0.05) is 0 Å². The van der Waals surface area contributed by atoms with Crippen molar-refractivity contribution in [3.63, 3.8) is 0 Å². The summed E-state index contributed by atoms with van der Waals surface area (Å²) in [6.07, 6.45) is 3.83. The fourth-order valence-corrected chi connectivity index (χ4v) is 4.29. The summed E-state index contributed by atoms with van der Waals surface area (Å²) in [5, 5.41) is 13.5. The van der Waals surface area contributed by atoms with Crippen LogP contribution in [0.25, 0.3) is 0 Å². The first-order valence-corrected chi connectivity index (χ1v) is 8.09. The van der Waals surface area contributed by atoms with Crippen LogP contribution in [-0.2, 0) is 17.6 Å². The molecular weight excluding hydrogens is 262 g/mol. The van der Waals surface area contributed by atoms with E-state index in [1.165, 1.54) is 11.1 Å². The Morgan fingerprint density at radius 2 is 1.76 bits per heavy atom. The Labute approximate surface area is 126 Å². The summed E-state index contributed by atoms with van der Waals surface area (Å²) in [6.45, 7) is 5.04. The number of carbonyl (C=O) groups is 1. The lowest BCUT2D eigenvalue weighted by atomic mass is 9.78. The minimum atomic E-state index is -0.733. The van der Waals surface area contributed by atoms with E-state index in [1.807, 2.05) is 0 Å². The van der Waals surface area contributed by atoms with Gasteiger partial charge in [-0.25, -0.2) is 0 Å². The molecule has 1 saturated carbocycles. The maximum Gasteiger partial charge on any atom is 0.324 e. The van der Waals surface area contributed by atoms with Gasteiger partial charge in [0.1, 0.15) is 5.54 Å². The fraction of sp³-hybridized carbons (Fsp3) is 0.611. The Hall–Kier alpha value is -1.35. The minimum Gasteiger partial charge on any atom is -0.480 e. The number of benzene rings is 1. The number of rotatable bonds is 4. The molecule has 2 atom stereocenters. The summed E-state index contributed by atoms with van der Waals surface area (Å²) in [5.74, 6) is 0.236. The van der Waals surface area contributed by atoms with Crippen molar-refractivity contribution < 1.29 is 9.90 Å². The Morgan fingerprint density at radius 3 is 2.19 bits per heavy atom. The third kappa shape index (κ3) is 2.38. The summed E-state index contributed by atoms with van der Waals surface area (Å²) >= 11 is 0. The van der Waals surface area contributed by atoms with Gasteiger partial charge in [-0.3, -0.25) is 4.79 Å². The van der Waals surface area contributed by atoms with Gasteiger partial charge < -0.3 is 10.4 Å². The van der Waals surface area contributed by atoms with Crippen LogP contribution in [0.1, 0.15) is 37.8 Å². The molecule has 3 rings (SSSR count). The van der Waals surface area contributed by atoms with E-state index in [2.05, 4.69) is 43.4 Å². The van der Waals surface area contributed by atoms with Gasteiger partial charge in [0.15, 0.2) is 0 Å². The molecule has 2 aliphatic rings. The zero-order valence-electron chi connectivity index (χ0n) is 12.9. The van der Waals surface area contributed by atoms with Gasteiger partial charge >= 0.3 is 5.97 Å². The molecule has 0 amide bonds. The van der Waals surface area contributed by atoms with E-state index in [0.29, 0.717) is 5.92 Å². The van der Waals surface area contributed by atoms with Crippen molar-refractivity contribution in [1.82, 2.24) is 5.32 Å². The highest BCUT2D eigenvalue weighted by Crippen LogP contribution is 2.47. The fourth-order valence-electron chi connectivity index (χ4n) is 4.29. The average molecular weight is 287 g/mol. The van der Waals surface area contributed by atoms with Crippen LogP contribution in [0, 0.1) is 17.8 Å². The van der Waals surface area contributed by atoms with Crippen LogP contribution in [-0.4, -0.2) is 23.2 Å². The SMILES string of the molecule is CC(C)CNC1(C(=O)O)C2CCC1Cc1ccccc1C2. The molecule has 0 saturated heterocycles. The first-order valence-electron chi connectivity index (χ1n) is 8.09. The van der Waals surface area contributed by atoms with Crippen molar-refractivity contribution in [2.75, 3.05) is 6.54 Å². The van der Waals surface area contributed by atoms with Gasteiger partial charge in [0.05, 0.1) is 0 Å². The molecule has 1 fully saturated rings. The lowest BCUT2D eigenvalue weighted by Gasteiger charge is -2.36. The summed E-state index contributed by atoms with van der Waals surface area (Å²) in [7, 11) is 0. The third-order valence-corrected chi connectivity index (χ3v) is 5.36. The van der Waals surface area contributed by atoms with E-state index < -0.39 is 11.5 Å². The number of carboxylic acid groups (broad SMARTS) is 1. The molecule has 2 aliphatic carbocycles. The topological polar surface area (TPSA) is 49.3 Å². The van der Waals surface area contributed by atoms with Gasteiger partial charge in [0.2, 0.25) is 0 Å². The summed E-state index contributed by atoms with van der Waals surface area (Å²) in [6, 6.07) is 8.49. The standard InChI is InChI=1S/C18H25NO2/c1-12(2)11-19-18(17(20)21)15-7-8-16(18)10-14-6-4-3-5-13(14)9-15/h3-6,12,15-16,19H,7-11H2,1-2H3,(H,20,21). The number of hydrogen-bond donors (Lipinski definition) is 2. The summed E-state index contributed by atoms with van der Waals surface area (Å²) in [5.41, 5.74) is 1.96. The van der Waals surface area contributed by atoms with Crippen LogP contribution in [0.5, 0.6) is 0 Å². The minimum absolute atomic E-state index is 0.211. The second-order valence-electron chi connectivity index (χ2n) is 7.10. The monoisotopic (exact) mass is 287 g/mol. The van der Waals surface area contributed by atoms with Crippen molar-refractivity contribution in [3.8, 4) is 0 Å². The van der Waals surface area contributed by atoms with Crippen molar-refractivity contribution in [2.24, 2.45) is 17.8 Å². The van der Waals surface area contributed by atoms with Gasteiger partial charge in [-0.15, -0.1) is 0 Å². The molecule has 3 nitrogen and oxygen atoms in total. The van der Waals surface area contributed by atoms with E-state index in [9.17, 15) is 9.90 Å². The molecule has 0 radical (unpaired) electrons. The third-order valence-electron chi connectivity index (χ3n) is 5.36. The van der Waals surface area contributed by atoms with Crippen molar-refractivity contribution in [2.45, 2.75) is 45.1 Å². The highest BCUT2D eigenvalue weighted by atomic mass is 16.4. The van der Waals surface area contributed by atoms with Crippen LogP contribution in [0.2, 0.25) is 0 Å². The van der Waals surface area contributed by atoms with Crippen molar-refractivity contribution >= 4 is 5.97 Å². The molecule has 0 heterocycles. The molecule has 0 spiro atoms. The Kier molecular flexibility index (Phi) is 3.78. The highest BCUT2D eigenvalue weighted by molar-refractivity contribution is 5.81. The van der Waals surface area contributed by atoms with E-state index >= 15 is 0 Å². The van der Waals surface area contributed by atoms with Crippen LogP contribution in [0.15, 0.2) is 24.3 Å². The molecule has 2 N–H and O–H groups in total. The van der Waals surface area contributed by atoms with Gasteiger partial charge in [-0.2, -0.15) is 0 Å². The zero-order valence-corrected chi connectivity index (χ0v) is 12.9. The average Bonchev–Trinajstić information content (AvgIpc) is 2.68. The van der Waals surface area contributed by atoms with Gasteiger partial charge in [-0.05, 0) is 61.1 Å². The van der Waals surface area contributed by atoms with Crippen LogP contribution in [0.3, 0.4) is 0 Å². The van der Waals surface area contributed by atoms with E-state index in [-0.39, 0.29) is 11.8 Å². The van der Waals surface area contributed by atoms with Crippen LogP contribution >= 0.6 is 0 Å². The smallest absolute Gasteiger partial charge is 0.324 e. The lowest BCUT2D eigenvalue weighted by Crippen LogP contribution is -2.60. The molecule has 1 aromatic carbocycles. The highest BCUT2D eigenvalue weighted by Gasteiger charge is 2.56. The number of fused-ring (bicyclic) bond motifs is 3. The van der Waals surface area contributed by atoms with E-state index in [1.54, 1.807) is 0 Å². The first-order chi connectivity index (χ1) is 10.0. The quantitative estimate of drug-likeness (QED) is 0.895. The summed E-state index contributed by atoms with van der Waals surface area (Å²) < 4.78 is 0. The largest absolute Gasteiger partial charge is 0.480 e. The second-order valence-corrected chi connectivity index (χ2v) is 7.10. The molecular formula is C18H25NO2. The Morgan fingerprint density at radius 1 is 1.24 bits per heavy atom. The Balaban J connectivity index is 1.97. The molecule has 114 valence electrons. The lowest BCUT2D eigenvalue weighted by molar-refractivity contribution is -0.148. The Bertz CT molecular complexity index is 505. The maximum atomic E-state index is 12.2. The molecule has 1 aromatic rings. The summed E-state index contributed by atoms with van der Waals surface area (Å²) in [4.78, 5) is 12.2. The van der Waals surface area contributed by atoms with E-state index in [0.717, 1.165) is 32.2 Å². The normalized spacial score (nSPS) is 31.0. The van der Waals surface area contributed by atoms with E-state index in [4.69, 9.17) is 0 Å². The molecule has 0 aliphatic heterocycles. The first kappa shape index (κ1) is 14.6. The van der Waals surface area contributed by atoms with Crippen LogP contribution in [0.4, 0.5) is 0 Å².